The van der Waals surface area contributed by atoms with Crippen LogP contribution in [0.2, 0.25) is 0 Å². The lowest BCUT2D eigenvalue weighted by atomic mass is 9.65. The second kappa shape index (κ2) is 21.6. The summed E-state index contributed by atoms with van der Waals surface area (Å²) in [5.41, 5.74) is 8.70. The number of methoxy groups -OCH3 is 1. The maximum absolute atomic E-state index is 13.7. The van der Waals surface area contributed by atoms with Crippen LogP contribution in [0.4, 0.5) is 0 Å². The van der Waals surface area contributed by atoms with E-state index in [9.17, 15) is 9.59 Å². The minimum atomic E-state index is -1.01. The summed E-state index contributed by atoms with van der Waals surface area (Å²) in [6.45, 7) is 2.96. The largest absolute Gasteiger partial charge is 0.497 e. The molecule has 372 valence electrons. The van der Waals surface area contributed by atoms with E-state index in [0.717, 1.165) is 44.7 Å². The van der Waals surface area contributed by atoms with Crippen molar-refractivity contribution in [2.45, 2.75) is 18.1 Å². The molecular formula is C68H52O8. The van der Waals surface area contributed by atoms with Crippen LogP contribution < -0.4 is 18.9 Å². The summed E-state index contributed by atoms with van der Waals surface area (Å²) in [5.74, 6) is 3.36. The van der Waals surface area contributed by atoms with E-state index in [4.69, 9.17) is 28.4 Å². The van der Waals surface area contributed by atoms with Gasteiger partial charge in [-0.3, -0.25) is 9.59 Å². The van der Waals surface area contributed by atoms with Gasteiger partial charge in [0.1, 0.15) is 40.2 Å². The quantitative estimate of drug-likeness (QED) is 0.0658. The fourth-order valence-electron chi connectivity index (χ4n) is 9.86. The van der Waals surface area contributed by atoms with E-state index in [1.54, 1.807) is 55.6 Å². The first kappa shape index (κ1) is 48.9. The number of ketones is 2. The lowest BCUT2D eigenvalue weighted by molar-refractivity contribution is -0.129. The molecule has 10 aromatic carbocycles. The first-order valence-corrected chi connectivity index (χ1v) is 25.1. The van der Waals surface area contributed by atoms with Gasteiger partial charge in [0.05, 0.1) is 25.7 Å². The number of hydrogen-bond donors (Lipinski definition) is 0. The summed E-state index contributed by atoms with van der Waals surface area (Å²) in [6, 6.07) is 81.8. The monoisotopic (exact) mass is 996 g/mol. The Morgan fingerprint density at radius 2 is 0.632 bits per heavy atom. The third-order valence-electron chi connectivity index (χ3n) is 13.8. The van der Waals surface area contributed by atoms with Gasteiger partial charge in [-0.15, -0.1) is 0 Å². The molecule has 1 aliphatic heterocycles. The molecule has 0 saturated carbocycles. The standard InChI is InChI=1S/C68H52O8/c1-47-13-15-48(16-14-47)65(69)49-17-31-59(32-18-49)74-62-39-23-54(24-40-62)67(52-9-5-3-6-10-52,53-11-7-4-8-12-53)55-25-41-63(42-26-55)75-60-33-19-50(20-34-60)66(70)51-21-35-61(36-22-51)76-64-43-29-57(30-44-64)68(72-45-46-73-68)56-27-37-58(71-2)38-28-56/h3-44H,45-46H2,1-2H3. The predicted octanol–water partition coefficient (Wildman–Crippen LogP) is 15.5. The van der Waals surface area contributed by atoms with Crippen LogP contribution >= 0.6 is 0 Å². The van der Waals surface area contributed by atoms with Crippen molar-refractivity contribution in [1.82, 2.24) is 0 Å². The van der Waals surface area contributed by atoms with Crippen molar-refractivity contribution in [2.24, 2.45) is 0 Å². The van der Waals surface area contributed by atoms with Crippen molar-refractivity contribution in [3.8, 4) is 40.2 Å². The van der Waals surface area contributed by atoms with Gasteiger partial charge in [0, 0.05) is 33.4 Å². The number of aryl methyl sites for hydroxylation is 1. The van der Waals surface area contributed by atoms with E-state index in [0.29, 0.717) is 70.0 Å². The number of benzene rings is 10. The molecule has 76 heavy (non-hydrogen) atoms. The molecule has 8 heteroatoms. The molecule has 0 aromatic heterocycles. The molecule has 1 saturated heterocycles. The van der Waals surface area contributed by atoms with Crippen molar-refractivity contribution in [3.63, 3.8) is 0 Å². The third kappa shape index (κ3) is 10.0. The van der Waals surface area contributed by atoms with E-state index < -0.39 is 11.2 Å². The third-order valence-corrected chi connectivity index (χ3v) is 13.8. The van der Waals surface area contributed by atoms with Crippen LogP contribution in [-0.4, -0.2) is 31.9 Å². The molecule has 0 unspecified atom stereocenters. The molecule has 1 fully saturated rings. The molecule has 1 aliphatic rings. The predicted molar refractivity (Wildman–Crippen MR) is 294 cm³/mol. The molecule has 0 bridgehead atoms. The highest BCUT2D eigenvalue weighted by molar-refractivity contribution is 6.09. The van der Waals surface area contributed by atoms with Crippen LogP contribution in [0.3, 0.4) is 0 Å². The summed E-state index contributed by atoms with van der Waals surface area (Å²) in [7, 11) is 1.64. The average Bonchev–Trinajstić information content (AvgIpc) is 4.00. The normalized spacial score (nSPS) is 12.9. The SMILES string of the molecule is COc1ccc(C2(c3ccc(Oc4ccc(C(=O)c5ccc(Oc6ccc(C(c7ccccc7)(c7ccccc7)c7ccc(Oc8ccc(C(=O)c9ccc(C)cc9)cc8)cc7)cc6)cc5)cc4)cc3)OCCO2)cc1. The summed E-state index contributed by atoms with van der Waals surface area (Å²) in [4.78, 5) is 26.8. The van der Waals surface area contributed by atoms with Gasteiger partial charge in [0.2, 0.25) is 5.79 Å². The lowest BCUT2D eigenvalue weighted by Gasteiger charge is -2.37. The van der Waals surface area contributed by atoms with Crippen LogP contribution in [0.1, 0.15) is 70.8 Å². The molecule has 1 heterocycles. The molecular weight excluding hydrogens is 945 g/mol. The van der Waals surface area contributed by atoms with Gasteiger partial charge in [-0.2, -0.15) is 0 Å². The second-order valence-corrected chi connectivity index (χ2v) is 18.5. The van der Waals surface area contributed by atoms with E-state index in [2.05, 4.69) is 72.8 Å². The van der Waals surface area contributed by atoms with Crippen molar-refractivity contribution in [1.29, 1.82) is 0 Å². The molecule has 0 aliphatic carbocycles. The summed E-state index contributed by atoms with van der Waals surface area (Å²) in [6.07, 6.45) is 0. The van der Waals surface area contributed by atoms with Gasteiger partial charge in [-0.05, 0) is 175 Å². The Morgan fingerprint density at radius 3 is 0.961 bits per heavy atom. The van der Waals surface area contributed by atoms with Gasteiger partial charge in [-0.1, -0.05) is 115 Å². The average molecular weight is 997 g/mol. The zero-order valence-electron chi connectivity index (χ0n) is 41.9. The zero-order valence-corrected chi connectivity index (χ0v) is 41.9. The van der Waals surface area contributed by atoms with Crippen LogP contribution in [0.25, 0.3) is 0 Å². The summed E-state index contributed by atoms with van der Waals surface area (Å²) in [5, 5.41) is 0. The van der Waals surface area contributed by atoms with E-state index in [-0.39, 0.29) is 11.6 Å². The first-order chi connectivity index (χ1) is 37.3. The van der Waals surface area contributed by atoms with Crippen LogP contribution in [0.5, 0.6) is 40.2 Å². The molecule has 11 rings (SSSR count). The molecule has 0 N–H and O–H groups in total. The minimum Gasteiger partial charge on any atom is -0.497 e. The van der Waals surface area contributed by atoms with Crippen molar-refractivity contribution >= 4 is 11.6 Å². The van der Waals surface area contributed by atoms with Gasteiger partial charge < -0.3 is 28.4 Å². The molecule has 8 nitrogen and oxygen atoms in total. The van der Waals surface area contributed by atoms with Crippen LogP contribution in [-0.2, 0) is 20.7 Å². The molecule has 10 aromatic rings. The van der Waals surface area contributed by atoms with Gasteiger partial charge in [-0.25, -0.2) is 0 Å². The number of carbonyl (C=O) groups excluding carboxylic acids is 2. The number of carbonyl (C=O) groups is 2. The lowest BCUT2D eigenvalue weighted by Crippen LogP contribution is -2.30. The molecule has 0 atom stereocenters. The second-order valence-electron chi connectivity index (χ2n) is 18.5. The van der Waals surface area contributed by atoms with Gasteiger partial charge in [0.25, 0.3) is 0 Å². The van der Waals surface area contributed by atoms with E-state index >= 15 is 0 Å². The fraction of sp³-hybridized carbons (Fsp3) is 0.0882. The Hall–Kier alpha value is -9.34. The smallest absolute Gasteiger partial charge is 0.222 e. The number of ether oxygens (including phenoxy) is 6. The first-order valence-electron chi connectivity index (χ1n) is 25.1. The van der Waals surface area contributed by atoms with Crippen molar-refractivity contribution in [2.75, 3.05) is 20.3 Å². The number of rotatable bonds is 17. The molecule has 0 amide bonds. The fourth-order valence-corrected chi connectivity index (χ4v) is 9.86. The summed E-state index contributed by atoms with van der Waals surface area (Å²) < 4.78 is 36.6. The van der Waals surface area contributed by atoms with Crippen LogP contribution in [0, 0.1) is 6.92 Å². The van der Waals surface area contributed by atoms with Crippen molar-refractivity contribution < 1.29 is 38.0 Å². The van der Waals surface area contributed by atoms with E-state index in [1.807, 2.05) is 140 Å². The Bertz CT molecular complexity index is 3520. The topological polar surface area (TPSA) is 89.5 Å². The van der Waals surface area contributed by atoms with Crippen molar-refractivity contribution in [3.05, 3.63) is 316 Å². The highest BCUT2D eigenvalue weighted by atomic mass is 16.7. The maximum atomic E-state index is 13.7. The maximum Gasteiger partial charge on any atom is 0.222 e. The highest BCUT2D eigenvalue weighted by Gasteiger charge is 2.41. The molecule has 0 spiro atoms. The zero-order chi connectivity index (χ0) is 51.9. The highest BCUT2D eigenvalue weighted by Crippen LogP contribution is 2.46. The molecule has 0 radical (unpaired) electrons. The van der Waals surface area contributed by atoms with Gasteiger partial charge >= 0.3 is 0 Å². The number of hydrogen-bond acceptors (Lipinski definition) is 8. The Kier molecular flexibility index (Phi) is 13.9. The Morgan fingerprint density at radius 1 is 0.355 bits per heavy atom. The van der Waals surface area contributed by atoms with Crippen LogP contribution in [0.15, 0.2) is 255 Å². The summed E-state index contributed by atoms with van der Waals surface area (Å²) >= 11 is 0. The Labute approximate surface area is 442 Å². The Balaban J connectivity index is 0.769. The van der Waals surface area contributed by atoms with E-state index in [1.165, 1.54) is 0 Å². The van der Waals surface area contributed by atoms with Gasteiger partial charge in [0.15, 0.2) is 11.6 Å². The minimum absolute atomic E-state index is 0.0331.